The fraction of sp³-hybridized carbons (Fsp3) is 0.609. The lowest BCUT2D eigenvalue weighted by Gasteiger charge is -2.57. The average molecular weight is 826 g/mol. The number of rotatable bonds is 5. The molecule has 11 aliphatic rings. The number of dihydropyridines is 1. The van der Waals surface area contributed by atoms with Gasteiger partial charge in [0.1, 0.15) is 17.0 Å². The minimum absolute atomic E-state index is 0.0265. The zero-order chi connectivity index (χ0) is 39.8. The summed E-state index contributed by atoms with van der Waals surface area (Å²) in [4.78, 5) is 57.2. The maximum atomic E-state index is 14.9. The predicted octanol–water partition coefficient (Wildman–Crippen LogP) is 7.63. The van der Waals surface area contributed by atoms with E-state index >= 15 is 0 Å². The van der Waals surface area contributed by atoms with Crippen molar-refractivity contribution in [3.05, 3.63) is 81.7 Å². The lowest BCUT2D eigenvalue weighted by atomic mass is 9.43. The largest absolute Gasteiger partial charge is 0.427 e. The number of imide groups is 1. The van der Waals surface area contributed by atoms with E-state index in [1.807, 2.05) is 0 Å². The van der Waals surface area contributed by atoms with Gasteiger partial charge in [0.15, 0.2) is 0 Å². The van der Waals surface area contributed by atoms with Gasteiger partial charge in [-0.05, 0) is 104 Å². The molecular formula is C46H55N3O7S2. The Kier molecular flexibility index (Phi) is 10.1. The van der Waals surface area contributed by atoms with Gasteiger partial charge in [-0.3, -0.25) is 14.5 Å². The van der Waals surface area contributed by atoms with E-state index in [0.29, 0.717) is 42.5 Å². The van der Waals surface area contributed by atoms with Gasteiger partial charge in [-0.25, -0.2) is 9.59 Å². The first-order valence-electron chi connectivity index (χ1n) is 22.0. The molecule has 12 heteroatoms. The van der Waals surface area contributed by atoms with E-state index in [4.69, 9.17) is 9.47 Å². The number of aliphatic hydroxyl groups is 1. The third kappa shape index (κ3) is 6.24. The Labute approximate surface area is 348 Å². The Hall–Kier alpha value is -3.48. The number of fused-ring (bicyclic) bond motifs is 2. The average Bonchev–Trinajstić information content (AvgIpc) is 4.00. The summed E-state index contributed by atoms with van der Waals surface area (Å²) in [5, 5.41) is 18.8. The predicted molar refractivity (Wildman–Crippen MR) is 222 cm³/mol. The first-order chi connectivity index (χ1) is 28.2. The molecule has 7 bridgehead atoms. The topological polar surface area (TPSA) is 134 Å². The second-order valence-corrected chi connectivity index (χ2v) is 20.8. The molecule has 0 aromatic rings. The standard InChI is InChI=1S/C46H55N3O7S2/c1-2-45(18-6-7-19-45)23-33-31-11-10-30-29-16-20-46(40(30)39(31)42(52)55-33)34-13-12-28(26-8-4-3-5-9-26)44(54)58-57-25-48-35-22-27(17-21-47-35)32(38(29)41(46)43(53)56-34)24-49-36(50)14-15-37(49)51/h13-15,17,22-23,26,28-30,32,40,44,47-48,54H,2-12,16,18-21,24-25H2,1H3/b33-23-,34-13-/t28-,29-,30-,32-,40+,44-,46-/m0/s1. The molecule has 308 valence electrons. The first kappa shape index (κ1) is 38.7. The number of nitrogens with zero attached hydrogens (tertiary/aromatic N) is 1. The number of carbonyl (C=O) groups excluding carboxylic acids is 4. The highest BCUT2D eigenvalue weighted by atomic mass is 33.1. The van der Waals surface area contributed by atoms with E-state index in [1.165, 1.54) is 47.1 Å². The Bertz CT molecular complexity index is 2010. The summed E-state index contributed by atoms with van der Waals surface area (Å²) in [6, 6.07) is 0. The van der Waals surface area contributed by atoms with E-state index in [1.54, 1.807) is 10.8 Å². The molecule has 0 aromatic heterocycles. The number of ether oxygens (including phenoxy) is 2. The van der Waals surface area contributed by atoms with Crippen LogP contribution in [-0.4, -0.2) is 58.2 Å². The fourth-order valence-corrected chi connectivity index (χ4v) is 15.2. The Morgan fingerprint density at radius 1 is 0.914 bits per heavy atom. The van der Waals surface area contributed by atoms with Gasteiger partial charge in [-0.1, -0.05) is 79.5 Å². The van der Waals surface area contributed by atoms with Crippen molar-refractivity contribution < 1.29 is 33.8 Å². The van der Waals surface area contributed by atoms with Gasteiger partial charge < -0.3 is 25.2 Å². The molecule has 58 heavy (non-hydrogen) atoms. The SMILES string of the molecule is CCC1(/C=C2\OC(=O)C3=C2CC[C@H]2[C@@H]4CC[C@@]5(C6=C4[C@@H](CN4C(=O)C=CC4=O)C4=CCNC(=C4)NCSS[C@H](O)[C@H](C4CCCCC4)C/C=C/5OC6=O)[C@@H]32)CCCC1. The van der Waals surface area contributed by atoms with Crippen LogP contribution in [0.1, 0.15) is 103 Å². The van der Waals surface area contributed by atoms with Crippen molar-refractivity contribution in [2.75, 3.05) is 19.0 Å². The summed E-state index contributed by atoms with van der Waals surface area (Å²) in [7, 11) is 3.08. The number of carbonyl (C=O) groups is 4. The lowest BCUT2D eigenvalue weighted by Crippen LogP contribution is -2.54. The molecule has 2 amide bonds. The molecule has 3 N–H and O–H groups in total. The molecule has 1 saturated heterocycles. The molecule has 3 saturated carbocycles. The van der Waals surface area contributed by atoms with E-state index in [-0.39, 0.29) is 53.4 Å². The van der Waals surface area contributed by atoms with Crippen LogP contribution in [0.15, 0.2) is 81.7 Å². The lowest BCUT2D eigenvalue weighted by molar-refractivity contribution is -0.138. The number of allylic oxidation sites excluding steroid dienone is 5. The van der Waals surface area contributed by atoms with Crippen molar-refractivity contribution in [1.29, 1.82) is 0 Å². The van der Waals surface area contributed by atoms with Crippen LogP contribution in [0.25, 0.3) is 0 Å². The van der Waals surface area contributed by atoms with E-state index in [9.17, 15) is 24.3 Å². The van der Waals surface area contributed by atoms with E-state index in [0.717, 1.165) is 98.1 Å². The third-order valence-corrected chi connectivity index (χ3v) is 18.1. The second-order valence-electron chi connectivity index (χ2n) is 18.3. The monoisotopic (exact) mass is 825 g/mol. The van der Waals surface area contributed by atoms with Crippen LogP contribution in [-0.2, 0) is 28.7 Å². The molecule has 7 atom stereocenters. The van der Waals surface area contributed by atoms with Crippen molar-refractivity contribution >= 4 is 45.3 Å². The smallest absolute Gasteiger partial charge is 0.340 e. The summed E-state index contributed by atoms with van der Waals surface area (Å²) < 4.78 is 12.9. The van der Waals surface area contributed by atoms with Crippen LogP contribution < -0.4 is 10.6 Å². The van der Waals surface area contributed by atoms with Gasteiger partial charge in [0, 0.05) is 54.1 Å². The van der Waals surface area contributed by atoms with Crippen LogP contribution >= 0.6 is 21.6 Å². The molecular weight excluding hydrogens is 771 g/mol. The van der Waals surface area contributed by atoms with Crippen LogP contribution in [0.5, 0.6) is 0 Å². The molecule has 0 aromatic carbocycles. The maximum absolute atomic E-state index is 14.9. The second kappa shape index (κ2) is 15.2. The zero-order valence-corrected chi connectivity index (χ0v) is 35.0. The number of hydrogen-bond donors (Lipinski definition) is 3. The number of hydrogen-bond acceptors (Lipinski definition) is 11. The fourth-order valence-electron chi connectivity index (χ4n) is 13.0. The van der Waals surface area contributed by atoms with Gasteiger partial charge in [-0.15, -0.1) is 0 Å². The number of cyclic esters (lactones) is 1. The maximum Gasteiger partial charge on any atom is 0.340 e. The third-order valence-electron chi connectivity index (χ3n) is 15.8. The van der Waals surface area contributed by atoms with Gasteiger partial charge in [-0.2, -0.15) is 0 Å². The molecule has 4 fully saturated rings. The van der Waals surface area contributed by atoms with Crippen molar-refractivity contribution in [2.45, 2.75) is 109 Å². The Morgan fingerprint density at radius 2 is 1.71 bits per heavy atom. The van der Waals surface area contributed by atoms with Crippen molar-refractivity contribution in [3.63, 3.8) is 0 Å². The summed E-state index contributed by atoms with van der Waals surface area (Å²) in [6.07, 6.45) is 26.0. The summed E-state index contributed by atoms with van der Waals surface area (Å²) in [5.74, 6) is 0.883. The minimum atomic E-state index is -0.911. The number of aliphatic hydroxyl groups excluding tert-OH is 1. The van der Waals surface area contributed by atoms with Crippen molar-refractivity contribution in [3.8, 4) is 0 Å². The Balaban J connectivity index is 1.17. The van der Waals surface area contributed by atoms with Gasteiger partial charge in [0.25, 0.3) is 11.8 Å². The molecule has 6 aliphatic carbocycles. The highest BCUT2D eigenvalue weighted by molar-refractivity contribution is 8.76. The van der Waals surface area contributed by atoms with E-state index < -0.39 is 22.7 Å². The summed E-state index contributed by atoms with van der Waals surface area (Å²) in [5.41, 5.74) is 2.74. The van der Waals surface area contributed by atoms with Gasteiger partial charge in [0.05, 0.1) is 22.7 Å². The Morgan fingerprint density at radius 3 is 2.48 bits per heavy atom. The summed E-state index contributed by atoms with van der Waals surface area (Å²) in [6.45, 7) is 2.88. The summed E-state index contributed by atoms with van der Waals surface area (Å²) >= 11 is 0. The van der Waals surface area contributed by atoms with Crippen LogP contribution in [0, 0.1) is 46.3 Å². The molecule has 10 nitrogen and oxygen atoms in total. The van der Waals surface area contributed by atoms with Crippen LogP contribution in [0.3, 0.4) is 0 Å². The van der Waals surface area contributed by atoms with Crippen LogP contribution in [0.2, 0.25) is 0 Å². The quantitative estimate of drug-likeness (QED) is 0.144. The molecule has 5 aliphatic heterocycles. The highest BCUT2D eigenvalue weighted by Gasteiger charge is 2.69. The molecule has 5 heterocycles. The minimum Gasteiger partial charge on any atom is -0.427 e. The highest BCUT2D eigenvalue weighted by Crippen LogP contribution is 2.71. The first-order valence-corrected chi connectivity index (χ1v) is 24.3. The van der Waals surface area contributed by atoms with Crippen molar-refractivity contribution in [1.82, 2.24) is 15.5 Å². The van der Waals surface area contributed by atoms with Gasteiger partial charge in [0.2, 0.25) is 0 Å². The number of esters is 2. The number of nitrogens with one attached hydrogen (secondary N) is 2. The van der Waals surface area contributed by atoms with E-state index in [2.05, 4.69) is 41.9 Å². The van der Waals surface area contributed by atoms with Crippen LogP contribution in [0.4, 0.5) is 0 Å². The van der Waals surface area contributed by atoms with Crippen molar-refractivity contribution in [2.24, 2.45) is 46.3 Å². The zero-order valence-electron chi connectivity index (χ0n) is 33.4. The number of amides is 2. The molecule has 0 radical (unpaired) electrons. The molecule has 11 rings (SSSR count). The molecule has 0 unspecified atom stereocenters. The normalized spacial score (nSPS) is 37.5. The van der Waals surface area contributed by atoms with Gasteiger partial charge >= 0.3 is 11.9 Å². The molecule has 1 spiro atoms.